The van der Waals surface area contributed by atoms with Gasteiger partial charge in [0.2, 0.25) is 0 Å². The number of methoxy groups -OCH3 is 1. The Kier molecular flexibility index (Phi) is 8.19. The van der Waals surface area contributed by atoms with Gasteiger partial charge in [-0.1, -0.05) is 28.1 Å². The second-order valence-corrected chi connectivity index (χ2v) is 7.75. The maximum atomic E-state index is 12.5. The van der Waals surface area contributed by atoms with E-state index in [1.807, 2.05) is 0 Å². The number of nitrogens with two attached hydrogens (primary N) is 1. The summed E-state index contributed by atoms with van der Waals surface area (Å²) in [6.07, 6.45) is 0. The molecule has 13 nitrogen and oxygen atoms in total. The summed E-state index contributed by atoms with van der Waals surface area (Å²) in [7, 11) is -2.99. The van der Waals surface area contributed by atoms with Crippen LogP contribution in [0.15, 0.2) is 5.16 Å². The summed E-state index contributed by atoms with van der Waals surface area (Å²) in [4.78, 5) is 44.6. The number of β-lactam (4-membered cyclic amide) rings is 1. The molecule has 0 bridgehead atoms. The first-order chi connectivity index (χ1) is 12.5. The molecule has 4 N–H and O–H groups in total. The number of oxime groups is 1. The molecule has 1 saturated heterocycles. The molecule has 0 aromatic carbocycles. The third-order valence-electron chi connectivity index (χ3n) is 3.25. The van der Waals surface area contributed by atoms with E-state index in [4.69, 9.17) is 21.9 Å². The molecule has 0 spiro atoms. The van der Waals surface area contributed by atoms with E-state index < -0.39 is 45.9 Å². The van der Waals surface area contributed by atoms with E-state index in [1.54, 1.807) is 0 Å². The quantitative estimate of drug-likeness (QED) is 0.103. The first-order valence-corrected chi connectivity index (χ1v) is 9.34. The summed E-state index contributed by atoms with van der Waals surface area (Å²) in [6.45, 7) is 0. The van der Waals surface area contributed by atoms with Gasteiger partial charge in [-0.2, -0.15) is 12.7 Å². The Morgan fingerprint density at radius 1 is 1.43 bits per heavy atom. The molecule has 2 heterocycles. The van der Waals surface area contributed by atoms with Crippen LogP contribution in [0, 0.1) is 0 Å². The van der Waals surface area contributed by atoms with E-state index in [0.29, 0.717) is 0 Å². The standard InChI is InChI=1S/C11H12ClN5O8S2.Na.H/c1-24-10(20)6-5(9(19)17(6)27(21,22)23)14-8(18)4(16-25-2)3-7(12)26-11(13)15-3;;/h5-6H,1-2H3,(H2,13,15)(H,14,18)(H,21,22,23);;/b16-4-;;. The molecule has 150 valence electrons. The van der Waals surface area contributed by atoms with Gasteiger partial charge in [-0.3, -0.25) is 14.1 Å². The number of thiazole rings is 1. The van der Waals surface area contributed by atoms with Crippen molar-refractivity contribution >= 4 is 91.4 Å². The van der Waals surface area contributed by atoms with E-state index in [-0.39, 0.29) is 49.0 Å². The summed E-state index contributed by atoms with van der Waals surface area (Å²) in [5, 5.41) is 5.59. The Labute approximate surface area is 189 Å². The van der Waals surface area contributed by atoms with Gasteiger partial charge >= 0.3 is 45.8 Å². The van der Waals surface area contributed by atoms with E-state index in [1.165, 1.54) is 0 Å². The van der Waals surface area contributed by atoms with E-state index in [9.17, 15) is 22.8 Å². The van der Waals surface area contributed by atoms with Gasteiger partial charge in [0.25, 0.3) is 11.8 Å². The van der Waals surface area contributed by atoms with Crippen LogP contribution in [0.3, 0.4) is 0 Å². The van der Waals surface area contributed by atoms with Crippen LogP contribution in [0.1, 0.15) is 5.69 Å². The second kappa shape index (κ2) is 9.34. The zero-order valence-electron chi connectivity index (χ0n) is 13.6. The monoisotopic (exact) mass is 465 g/mol. The third-order valence-corrected chi connectivity index (χ3v) is 5.24. The van der Waals surface area contributed by atoms with Gasteiger partial charge < -0.3 is 20.6 Å². The number of nitrogens with one attached hydrogen (secondary N) is 1. The van der Waals surface area contributed by atoms with Crippen molar-refractivity contribution in [1.29, 1.82) is 0 Å². The number of amides is 2. The van der Waals surface area contributed by atoms with Gasteiger partial charge in [0.15, 0.2) is 16.9 Å². The molecule has 0 aliphatic carbocycles. The molecule has 2 atom stereocenters. The molecule has 2 unspecified atom stereocenters. The Bertz CT molecular complexity index is 935. The number of carbonyl (C=O) groups is 3. The number of esters is 1. The molecule has 1 aromatic rings. The SMILES string of the molecule is CO/N=C(\C(=O)NC1C(=O)N(S(=O)(=O)O)C1C(=O)OC)c1nc(N)sc1Cl.[NaH]. The number of hydrogen-bond acceptors (Lipinski definition) is 11. The van der Waals surface area contributed by atoms with Crippen molar-refractivity contribution in [3.05, 3.63) is 10.0 Å². The van der Waals surface area contributed by atoms with Gasteiger partial charge in [0, 0.05) is 0 Å². The molecule has 2 rings (SSSR count). The fourth-order valence-electron chi connectivity index (χ4n) is 2.17. The Morgan fingerprint density at radius 3 is 2.46 bits per heavy atom. The molecule has 1 aromatic heterocycles. The maximum absolute atomic E-state index is 12.5. The Balaban J connectivity index is 0.00000392. The summed E-state index contributed by atoms with van der Waals surface area (Å²) in [6, 6.07) is -3.45. The number of nitrogen functional groups attached to an aromatic ring is 1. The number of ether oxygens (including phenoxy) is 1. The van der Waals surface area contributed by atoms with Crippen molar-refractivity contribution in [2.45, 2.75) is 12.1 Å². The summed E-state index contributed by atoms with van der Waals surface area (Å²) >= 11 is 6.76. The van der Waals surface area contributed by atoms with Crippen LogP contribution in [0.5, 0.6) is 0 Å². The third kappa shape index (κ3) is 4.73. The molecular weight excluding hydrogens is 453 g/mol. The fourth-order valence-corrected chi connectivity index (χ4v) is 3.93. The molecule has 2 amide bonds. The molecule has 17 heteroatoms. The van der Waals surface area contributed by atoms with Crippen LogP contribution in [0.4, 0.5) is 5.13 Å². The van der Waals surface area contributed by atoms with E-state index in [2.05, 4.69) is 25.0 Å². The molecular formula is C11H13ClN5NaO8S2. The minimum atomic E-state index is -5.05. The van der Waals surface area contributed by atoms with Crippen LogP contribution in [0.25, 0.3) is 0 Å². The van der Waals surface area contributed by atoms with Crippen LogP contribution in [0.2, 0.25) is 4.34 Å². The van der Waals surface area contributed by atoms with Crippen molar-refractivity contribution in [3.8, 4) is 0 Å². The normalized spacial score (nSPS) is 19.4. The first kappa shape index (κ1) is 24.5. The number of rotatable bonds is 6. The van der Waals surface area contributed by atoms with Gasteiger partial charge in [-0.05, 0) is 0 Å². The van der Waals surface area contributed by atoms with Crippen LogP contribution < -0.4 is 11.1 Å². The number of nitrogens with zero attached hydrogens (tertiary/aromatic N) is 3. The molecule has 1 aliphatic heterocycles. The number of aromatic nitrogens is 1. The number of anilines is 1. The zero-order valence-corrected chi connectivity index (χ0v) is 16.0. The fraction of sp³-hybridized carbons (Fsp3) is 0.364. The van der Waals surface area contributed by atoms with E-state index >= 15 is 0 Å². The van der Waals surface area contributed by atoms with Gasteiger partial charge in [0.1, 0.15) is 23.2 Å². The van der Waals surface area contributed by atoms with Crippen molar-refractivity contribution in [3.63, 3.8) is 0 Å². The minimum absolute atomic E-state index is 0. The number of halogens is 1. The summed E-state index contributed by atoms with van der Waals surface area (Å²) in [5.74, 6) is -3.51. The number of hydrogen-bond donors (Lipinski definition) is 3. The van der Waals surface area contributed by atoms with E-state index in [0.717, 1.165) is 25.6 Å². The molecule has 0 saturated carbocycles. The van der Waals surface area contributed by atoms with Crippen LogP contribution >= 0.6 is 22.9 Å². The predicted octanol–water partition coefficient (Wildman–Crippen LogP) is -2.25. The second-order valence-electron chi connectivity index (χ2n) is 4.83. The Hall–Kier alpha value is -1.49. The van der Waals surface area contributed by atoms with Gasteiger partial charge in [-0.15, -0.1) is 0 Å². The molecule has 0 radical (unpaired) electrons. The number of carbonyl (C=O) groups excluding carboxylic acids is 3. The molecule has 28 heavy (non-hydrogen) atoms. The van der Waals surface area contributed by atoms with Gasteiger partial charge in [0.05, 0.1) is 7.11 Å². The van der Waals surface area contributed by atoms with Crippen molar-refractivity contribution in [1.82, 2.24) is 14.6 Å². The van der Waals surface area contributed by atoms with Crippen molar-refractivity contribution in [2.24, 2.45) is 5.16 Å². The predicted molar refractivity (Wildman–Crippen MR) is 98.4 cm³/mol. The molecule has 1 aliphatic rings. The average Bonchev–Trinajstić information content (AvgIpc) is 2.90. The van der Waals surface area contributed by atoms with Crippen LogP contribution in [-0.2, 0) is 34.3 Å². The Morgan fingerprint density at radius 2 is 2.04 bits per heavy atom. The zero-order chi connectivity index (χ0) is 20.5. The van der Waals surface area contributed by atoms with Crippen LogP contribution in [-0.4, -0.2) is 102 Å². The first-order valence-electron chi connectivity index (χ1n) is 6.75. The van der Waals surface area contributed by atoms with Crippen molar-refractivity contribution < 1.29 is 36.9 Å². The summed E-state index contributed by atoms with van der Waals surface area (Å²) < 4.78 is 35.8. The topological polar surface area (TPSA) is 191 Å². The van der Waals surface area contributed by atoms with Crippen molar-refractivity contribution in [2.75, 3.05) is 20.0 Å². The van der Waals surface area contributed by atoms with Gasteiger partial charge in [-0.25, -0.2) is 9.78 Å². The average molecular weight is 466 g/mol. The molecule has 1 fully saturated rings. The summed E-state index contributed by atoms with van der Waals surface area (Å²) in [5.41, 5.74) is 4.88.